The van der Waals surface area contributed by atoms with Gasteiger partial charge in [-0.05, 0) is 38.8 Å². The van der Waals surface area contributed by atoms with E-state index < -0.39 is 0 Å². The van der Waals surface area contributed by atoms with Crippen molar-refractivity contribution in [3.63, 3.8) is 0 Å². The van der Waals surface area contributed by atoms with Crippen LogP contribution in [0.2, 0.25) is 0 Å². The highest BCUT2D eigenvalue weighted by molar-refractivity contribution is 5.92. The lowest BCUT2D eigenvalue weighted by atomic mass is 10.0. The van der Waals surface area contributed by atoms with Crippen molar-refractivity contribution in [1.82, 2.24) is 4.90 Å². The molecule has 0 radical (unpaired) electrons. The van der Waals surface area contributed by atoms with E-state index in [1.165, 1.54) is 11.1 Å². The molecule has 2 aromatic rings. The van der Waals surface area contributed by atoms with Crippen LogP contribution >= 0.6 is 0 Å². The van der Waals surface area contributed by atoms with Crippen LogP contribution in [0.5, 0.6) is 0 Å². The minimum Gasteiger partial charge on any atom is -0.477 e. The van der Waals surface area contributed by atoms with Crippen LogP contribution in [0.3, 0.4) is 0 Å². The molecule has 1 unspecified atom stereocenters. The van der Waals surface area contributed by atoms with Gasteiger partial charge in [0.05, 0.1) is 11.6 Å². The fourth-order valence-corrected chi connectivity index (χ4v) is 4.12. The van der Waals surface area contributed by atoms with E-state index in [0.717, 1.165) is 5.90 Å². The summed E-state index contributed by atoms with van der Waals surface area (Å²) >= 11 is 0. The maximum Gasteiger partial charge on any atom is 0.206 e. The molecule has 3 heteroatoms. The smallest absolute Gasteiger partial charge is 0.206 e. The number of aliphatic imine (C=N–C) groups is 1. The lowest BCUT2D eigenvalue weighted by Gasteiger charge is -2.18. The minimum absolute atomic E-state index is 0.135. The molecule has 2 heterocycles. The van der Waals surface area contributed by atoms with Gasteiger partial charge in [-0.25, -0.2) is 4.99 Å². The van der Waals surface area contributed by atoms with Gasteiger partial charge >= 0.3 is 0 Å². The maximum absolute atomic E-state index is 6.07. The Kier molecular flexibility index (Phi) is 3.73. The van der Waals surface area contributed by atoms with Gasteiger partial charge < -0.3 is 4.74 Å². The number of benzene rings is 2. The fraction of sp³-hybridized carbons (Fsp3) is 0.409. The zero-order valence-electron chi connectivity index (χ0n) is 15.4. The molecule has 0 bridgehead atoms. The van der Waals surface area contributed by atoms with E-state index in [9.17, 15) is 0 Å². The van der Waals surface area contributed by atoms with E-state index in [4.69, 9.17) is 9.73 Å². The van der Waals surface area contributed by atoms with Crippen LogP contribution < -0.4 is 0 Å². The first kappa shape index (κ1) is 16.3. The molecule has 0 amide bonds. The van der Waals surface area contributed by atoms with Crippen molar-refractivity contribution < 1.29 is 4.74 Å². The Hall–Kier alpha value is -2.13. The molecule has 2 aromatic carbocycles. The van der Waals surface area contributed by atoms with Gasteiger partial charge in [0.1, 0.15) is 12.1 Å². The highest BCUT2D eigenvalue weighted by Gasteiger charge is 2.67. The normalized spacial score (nSPS) is 31.1. The first-order chi connectivity index (χ1) is 11.9. The Morgan fingerprint density at radius 3 is 2.16 bits per heavy atom. The summed E-state index contributed by atoms with van der Waals surface area (Å²) in [5, 5.41) is 0. The van der Waals surface area contributed by atoms with Crippen molar-refractivity contribution in [3.8, 4) is 0 Å². The predicted molar refractivity (Wildman–Crippen MR) is 102 cm³/mol. The number of nitrogens with zero attached hydrogens (tertiary/aromatic N) is 2. The number of rotatable bonds is 4. The Bertz CT molecular complexity index is 784. The van der Waals surface area contributed by atoms with Gasteiger partial charge in [0.2, 0.25) is 5.90 Å². The third-order valence-electron chi connectivity index (χ3n) is 5.49. The quantitative estimate of drug-likeness (QED) is 0.752. The van der Waals surface area contributed by atoms with Crippen molar-refractivity contribution >= 4 is 5.90 Å². The predicted octanol–water partition coefficient (Wildman–Crippen LogP) is 4.77. The van der Waals surface area contributed by atoms with Crippen LogP contribution in [0.4, 0.5) is 0 Å². The van der Waals surface area contributed by atoms with Crippen molar-refractivity contribution in [2.45, 2.75) is 50.9 Å². The molecule has 0 N–H and O–H groups in total. The van der Waals surface area contributed by atoms with Crippen molar-refractivity contribution in [3.05, 3.63) is 71.8 Å². The largest absolute Gasteiger partial charge is 0.477 e. The molecule has 25 heavy (non-hydrogen) atoms. The molecule has 4 atom stereocenters. The van der Waals surface area contributed by atoms with Crippen LogP contribution in [0.15, 0.2) is 65.7 Å². The highest BCUT2D eigenvalue weighted by Crippen LogP contribution is 2.59. The topological polar surface area (TPSA) is 24.6 Å². The third kappa shape index (κ3) is 2.67. The summed E-state index contributed by atoms with van der Waals surface area (Å²) in [5.74, 6) is 0.883. The van der Waals surface area contributed by atoms with E-state index in [1.54, 1.807) is 0 Å². The van der Waals surface area contributed by atoms with Gasteiger partial charge in [-0.15, -0.1) is 0 Å². The minimum atomic E-state index is -0.190. The Morgan fingerprint density at radius 1 is 1.00 bits per heavy atom. The SMILES string of the molecule is C[C@H](c1ccccc1)N1[C@H](c2ccccc2)[C@@]1(C)C1=NC(C)(C)CO1. The first-order valence-corrected chi connectivity index (χ1v) is 9.05. The van der Waals surface area contributed by atoms with Gasteiger partial charge in [-0.3, -0.25) is 4.90 Å². The number of hydrogen-bond donors (Lipinski definition) is 0. The van der Waals surface area contributed by atoms with Gasteiger partial charge in [0.25, 0.3) is 0 Å². The second-order valence-corrected chi connectivity index (χ2v) is 7.97. The van der Waals surface area contributed by atoms with E-state index in [1.807, 2.05) is 0 Å². The monoisotopic (exact) mass is 334 g/mol. The molecule has 130 valence electrons. The molecule has 0 saturated carbocycles. The molecule has 0 spiro atoms. The Balaban J connectivity index is 1.73. The molecular weight excluding hydrogens is 308 g/mol. The standard InChI is InChI=1S/C22H26N2O/c1-16(17-11-7-5-8-12-17)24-19(18-13-9-6-10-14-18)22(24,4)20-23-21(2,3)15-25-20/h5-14,16,19H,15H2,1-4H3/t16-,19-,22+,24?/m1/s1. The summed E-state index contributed by atoms with van der Waals surface area (Å²) < 4.78 is 6.07. The summed E-state index contributed by atoms with van der Waals surface area (Å²) in [4.78, 5) is 7.43. The first-order valence-electron chi connectivity index (χ1n) is 9.05. The van der Waals surface area contributed by atoms with Gasteiger partial charge in [-0.1, -0.05) is 60.7 Å². The van der Waals surface area contributed by atoms with E-state index in [2.05, 4.69) is 93.3 Å². The lowest BCUT2D eigenvalue weighted by molar-refractivity contribution is 0.259. The highest BCUT2D eigenvalue weighted by atomic mass is 16.5. The number of ether oxygens (including phenoxy) is 1. The van der Waals surface area contributed by atoms with E-state index in [-0.39, 0.29) is 17.1 Å². The zero-order valence-corrected chi connectivity index (χ0v) is 15.4. The molecule has 2 aliphatic rings. The van der Waals surface area contributed by atoms with Gasteiger partial charge in [0, 0.05) is 6.04 Å². The molecule has 3 nitrogen and oxygen atoms in total. The van der Waals surface area contributed by atoms with Crippen LogP contribution in [0, 0.1) is 0 Å². The Morgan fingerprint density at radius 2 is 1.60 bits per heavy atom. The molecule has 1 saturated heterocycles. The fourth-order valence-electron chi connectivity index (χ4n) is 4.12. The second kappa shape index (κ2) is 5.70. The molecule has 2 aliphatic heterocycles. The van der Waals surface area contributed by atoms with Gasteiger partial charge in [-0.2, -0.15) is 0 Å². The van der Waals surface area contributed by atoms with Crippen LogP contribution in [-0.2, 0) is 4.74 Å². The molecule has 0 aromatic heterocycles. The molecule has 4 rings (SSSR count). The molecule has 0 aliphatic carbocycles. The lowest BCUT2D eigenvalue weighted by Crippen LogP contribution is -2.28. The summed E-state index contributed by atoms with van der Waals surface area (Å²) in [6.07, 6.45) is 0. The average molecular weight is 334 g/mol. The third-order valence-corrected chi connectivity index (χ3v) is 5.49. The van der Waals surface area contributed by atoms with Crippen LogP contribution in [0.1, 0.15) is 50.9 Å². The van der Waals surface area contributed by atoms with Gasteiger partial charge in [0.15, 0.2) is 0 Å². The molecule has 1 fully saturated rings. The van der Waals surface area contributed by atoms with Crippen LogP contribution in [0.25, 0.3) is 0 Å². The van der Waals surface area contributed by atoms with Crippen molar-refractivity contribution in [2.75, 3.05) is 6.61 Å². The molecular formula is C22H26N2O. The number of hydrogen-bond acceptors (Lipinski definition) is 3. The van der Waals surface area contributed by atoms with Crippen molar-refractivity contribution in [2.24, 2.45) is 4.99 Å². The summed E-state index contributed by atoms with van der Waals surface area (Å²) in [5.41, 5.74) is 2.32. The summed E-state index contributed by atoms with van der Waals surface area (Å²) in [6.45, 7) is 9.47. The van der Waals surface area contributed by atoms with Crippen molar-refractivity contribution in [1.29, 1.82) is 0 Å². The van der Waals surface area contributed by atoms with E-state index >= 15 is 0 Å². The summed E-state index contributed by atoms with van der Waals surface area (Å²) in [6, 6.07) is 22.0. The van der Waals surface area contributed by atoms with Crippen LogP contribution in [-0.4, -0.2) is 28.5 Å². The maximum atomic E-state index is 6.07. The zero-order chi connectivity index (χ0) is 17.7. The average Bonchev–Trinajstić information content (AvgIpc) is 3.09. The van der Waals surface area contributed by atoms with E-state index in [0.29, 0.717) is 12.6 Å². The second-order valence-electron chi connectivity index (χ2n) is 7.97. The summed E-state index contributed by atoms with van der Waals surface area (Å²) in [7, 11) is 0. The Labute approximate surface area is 150 Å².